The topological polar surface area (TPSA) is 93.7 Å². The lowest BCUT2D eigenvalue weighted by Crippen LogP contribution is -2.33. The van der Waals surface area contributed by atoms with Crippen molar-refractivity contribution in [1.82, 2.24) is 4.72 Å². The second-order valence-electron chi connectivity index (χ2n) is 6.32. The molecule has 0 unspecified atom stereocenters. The first kappa shape index (κ1) is 22.2. The predicted molar refractivity (Wildman–Crippen MR) is 110 cm³/mol. The molecule has 0 saturated heterocycles. The third-order valence-corrected chi connectivity index (χ3v) is 4.58. The van der Waals surface area contributed by atoms with E-state index in [0.29, 0.717) is 22.7 Å². The summed E-state index contributed by atoms with van der Waals surface area (Å²) in [5.74, 6) is -0.701. The number of rotatable bonds is 9. The molecule has 0 aromatic heterocycles. The van der Waals surface area contributed by atoms with Crippen LogP contribution in [0.25, 0.3) is 6.08 Å². The van der Waals surface area contributed by atoms with E-state index in [2.05, 4.69) is 5.32 Å². The van der Waals surface area contributed by atoms with Crippen LogP contribution < -0.4 is 19.5 Å². The summed E-state index contributed by atoms with van der Waals surface area (Å²) in [5, 5.41) is 2.60. The van der Waals surface area contributed by atoms with Crippen molar-refractivity contribution in [1.29, 1.82) is 0 Å². The van der Waals surface area contributed by atoms with Gasteiger partial charge in [0.2, 0.25) is 0 Å². The largest absolute Gasteiger partial charge is 0.493 e. The predicted octanol–water partition coefficient (Wildman–Crippen LogP) is 3.15. The van der Waals surface area contributed by atoms with Crippen LogP contribution >= 0.6 is 0 Å². The minimum absolute atomic E-state index is 0.0233. The fourth-order valence-electron chi connectivity index (χ4n) is 2.28. The molecule has 2 rings (SSSR count). The van der Waals surface area contributed by atoms with Crippen LogP contribution in [0.2, 0.25) is 0 Å². The van der Waals surface area contributed by atoms with Gasteiger partial charge in [-0.1, -0.05) is 6.07 Å². The smallest absolute Gasteiger partial charge is 0.257 e. The highest BCUT2D eigenvalue weighted by Gasteiger charge is 2.13. The second kappa shape index (κ2) is 9.92. The van der Waals surface area contributed by atoms with Gasteiger partial charge in [0.15, 0.2) is 11.5 Å². The minimum atomic E-state index is -3.93. The molecule has 0 aliphatic heterocycles. The molecule has 2 aromatic rings. The van der Waals surface area contributed by atoms with Gasteiger partial charge in [-0.15, -0.1) is 0 Å². The number of nitrogens with one attached hydrogen (secondary N) is 2. The highest BCUT2D eigenvalue weighted by Crippen LogP contribution is 2.29. The van der Waals surface area contributed by atoms with E-state index in [1.807, 2.05) is 18.6 Å². The fraction of sp³-hybridized carbons (Fsp3) is 0.250. The van der Waals surface area contributed by atoms with Crippen LogP contribution in [0.15, 0.2) is 48.5 Å². The Morgan fingerprint density at radius 2 is 1.83 bits per heavy atom. The van der Waals surface area contributed by atoms with Crippen molar-refractivity contribution in [3.05, 3.63) is 59.9 Å². The average Bonchev–Trinajstić information content (AvgIpc) is 2.66. The summed E-state index contributed by atoms with van der Waals surface area (Å²) in [6, 6.07) is 10.3. The number of hydrogen-bond donors (Lipinski definition) is 2. The minimum Gasteiger partial charge on any atom is -0.493 e. The van der Waals surface area contributed by atoms with Gasteiger partial charge in [-0.25, -0.2) is 17.5 Å². The number of benzene rings is 2. The maximum atomic E-state index is 12.9. The number of amides is 1. The van der Waals surface area contributed by atoms with E-state index in [1.165, 1.54) is 37.5 Å². The van der Waals surface area contributed by atoms with Crippen molar-refractivity contribution >= 4 is 27.7 Å². The molecule has 29 heavy (non-hydrogen) atoms. The van der Waals surface area contributed by atoms with Crippen molar-refractivity contribution in [2.75, 3.05) is 18.3 Å². The van der Waals surface area contributed by atoms with E-state index < -0.39 is 27.6 Å². The summed E-state index contributed by atoms with van der Waals surface area (Å²) in [6.45, 7) is 3.78. The number of sulfonamides is 1. The van der Waals surface area contributed by atoms with Crippen LogP contribution in [0.1, 0.15) is 19.4 Å². The summed E-state index contributed by atoms with van der Waals surface area (Å²) in [4.78, 5) is 11.9. The molecule has 0 saturated carbocycles. The van der Waals surface area contributed by atoms with Crippen molar-refractivity contribution in [3.63, 3.8) is 0 Å². The zero-order valence-electron chi connectivity index (χ0n) is 16.3. The van der Waals surface area contributed by atoms with Crippen LogP contribution in [-0.4, -0.2) is 33.4 Å². The number of halogens is 1. The Kier molecular flexibility index (Phi) is 7.60. The SMILES string of the molecule is COc1cc(/C=C/C(=O)NS(=O)(=O)CNc2ccc(F)cc2)ccc1OC(C)C. The van der Waals surface area contributed by atoms with Gasteiger partial charge in [-0.05, 0) is 61.9 Å². The van der Waals surface area contributed by atoms with E-state index in [-0.39, 0.29) is 6.10 Å². The van der Waals surface area contributed by atoms with Crippen molar-refractivity contribution in [2.45, 2.75) is 20.0 Å². The zero-order valence-corrected chi connectivity index (χ0v) is 17.1. The van der Waals surface area contributed by atoms with Crippen molar-refractivity contribution < 1.29 is 27.1 Å². The standard InChI is InChI=1S/C20H23FN2O5S/c1-14(2)28-18-10-4-15(12-19(18)27-3)5-11-20(24)23-29(25,26)13-22-17-8-6-16(21)7-9-17/h4-12,14,22H,13H2,1-3H3,(H,23,24)/b11-5+. The molecule has 0 atom stereocenters. The molecular weight excluding hydrogens is 399 g/mol. The normalized spacial score (nSPS) is 11.5. The summed E-state index contributed by atoms with van der Waals surface area (Å²) >= 11 is 0. The molecule has 0 aliphatic rings. The van der Waals surface area contributed by atoms with E-state index in [9.17, 15) is 17.6 Å². The van der Waals surface area contributed by atoms with Gasteiger partial charge < -0.3 is 14.8 Å². The van der Waals surface area contributed by atoms with Crippen molar-refractivity contribution in [2.24, 2.45) is 0 Å². The fourth-order valence-corrected chi connectivity index (χ4v) is 3.08. The number of methoxy groups -OCH3 is 1. The lowest BCUT2D eigenvalue weighted by atomic mass is 10.2. The molecule has 0 radical (unpaired) electrons. The Morgan fingerprint density at radius 1 is 1.14 bits per heavy atom. The van der Waals surface area contributed by atoms with Crippen LogP contribution in [0.4, 0.5) is 10.1 Å². The molecule has 9 heteroatoms. The maximum absolute atomic E-state index is 12.9. The van der Waals surface area contributed by atoms with Crippen LogP contribution in [0.3, 0.4) is 0 Å². The molecular formula is C20H23FN2O5S. The Bertz CT molecular complexity index is 973. The van der Waals surface area contributed by atoms with Gasteiger partial charge in [-0.3, -0.25) is 4.79 Å². The summed E-state index contributed by atoms with van der Waals surface area (Å²) in [7, 11) is -2.42. The number of carbonyl (C=O) groups is 1. The zero-order chi connectivity index (χ0) is 21.4. The van der Waals surface area contributed by atoms with E-state index in [0.717, 1.165) is 6.08 Å². The number of anilines is 1. The number of carbonyl (C=O) groups excluding carboxylic acids is 1. The lowest BCUT2D eigenvalue weighted by molar-refractivity contribution is -0.114. The monoisotopic (exact) mass is 422 g/mol. The molecule has 0 fully saturated rings. The summed E-state index contributed by atoms with van der Waals surface area (Å²) in [6.07, 6.45) is 2.54. The second-order valence-corrected chi connectivity index (χ2v) is 8.04. The Morgan fingerprint density at radius 3 is 2.45 bits per heavy atom. The van der Waals surface area contributed by atoms with Gasteiger partial charge in [-0.2, -0.15) is 0 Å². The molecule has 1 amide bonds. The summed E-state index contributed by atoms with van der Waals surface area (Å²) < 4.78 is 49.7. The average molecular weight is 422 g/mol. The molecule has 0 heterocycles. The van der Waals surface area contributed by atoms with Crippen molar-refractivity contribution in [3.8, 4) is 11.5 Å². The van der Waals surface area contributed by atoms with Crippen LogP contribution in [0.5, 0.6) is 11.5 Å². The van der Waals surface area contributed by atoms with Crippen LogP contribution in [0, 0.1) is 5.82 Å². The van der Waals surface area contributed by atoms with Gasteiger partial charge in [0.1, 0.15) is 11.7 Å². The first-order valence-electron chi connectivity index (χ1n) is 8.75. The molecule has 0 aliphatic carbocycles. The van der Waals surface area contributed by atoms with E-state index >= 15 is 0 Å². The first-order chi connectivity index (χ1) is 13.7. The molecule has 156 valence electrons. The highest BCUT2D eigenvalue weighted by molar-refractivity contribution is 7.90. The quantitative estimate of drug-likeness (QED) is 0.603. The number of hydrogen-bond acceptors (Lipinski definition) is 6. The van der Waals surface area contributed by atoms with Crippen LogP contribution in [-0.2, 0) is 14.8 Å². The molecule has 7 nitrogen and oxygen atoms in total. The Labute approximate surface area is 169 Å². The number of ether oxygens (including phenoxy) is 2. The third kappa shape index (κ3) is 7.46. The van der Waals surface area contributed by atoms with Gasteiger partial charge in [0.25, 0.3) is 15.9 Å². The maximum Gasteiger partial charge on any atom is 0.257 e. The lowest BCUT2D eigenvalue weighted by Gasteiger charge is -2.13. The summed E-state index contributed by atoms with van der Waals surface area (Å²) in [5.41, 5.74) is 1.05. The Balaban J connectivity index is 1.96. The Hall–Kier alpha value is -3.07. The molecule has 0 spiro atoms. The highest BCUT2D eigenvalue weighted by atomic mass is 32.2. The van der Waals surface area contributed by atoms with Gasteiger partial charge in [0, 0.05) is 11.8 Å². The molecule has 2 N–H and O–H groups in total. The molecule has 0 bridgehead atoms. The molecule has 2 aromatic carbocycles. The van der Waals surface area contributed by atoms with Gasteiger partial charge >= 0.3 is 0 Å². The third-order valence-electron chi connectivity index (χ3n) is 3.54. The van der Waals surface area contributed by atoms with E-state index in [1.54, 1.807) is 18.2 Å². The first-order valence-corrected chi connectivity index (χ1v) is 10.4. The van der Waals surface area contributed by atoms with E-state index in [4.69, 9.17) is 9.47 Å². The van der Waals surface area contributed by atoms with Gasteiger partial charge in [0.05, 0.1) is 13.2 Å².